The van der Waals surface area contributed by atoms with Crippen LogP contribution in [0, 0.1) is 6.92 Å². The molecule has 0 saturated heterocycles. The van der Waals surface area contributed by atoms with Crippen LogP contribution in [0.4, 0.5) is 5.69 Å². The van der Waals surface area contributed by atoms with Gasteiger partial charge in [0.1, 0.15) is 5.71 Å². The van der Waals surface area contributed by atoms with E-state index in [1.807, 2.05) is 30.3 Å². The Morgan fingerprint density at radius 2 is 1.92 bits per heavy atom. The summed E-state index contributed by atoms with van der Waals surface area (Å²) in [6.07, 6.45) is 0.0534. The van der Waals surface area contributed by atoms with Gasteiger partial charge in [0.15, 0.2) is 6.10 Å². The molecule has 2 aromatic carbocycles. The van der Waals surface area contributed by atoms with E-state index in [2.05, 4.69) is 15.2 Å². The zero-order valence-corrected chi connectivity index (χ0v) is 15.2. The number of carbonyl (C=O) groups excluding carboxylic acids is 1. The highest BCUT2D eigenvalue weighted by atomic mass is 32.2. The topological polar surface area (TPSA) is 96.9 Å². The molecule has 2 N–H and O–H groups in total. The van der Waals surface area contributed by atoms with Gasteiger partial charge in [-0.25, -0.2) is 13.1 Å². The van der Waals surface area contributed by atoms with E-state index in [1.165, 1.54) is 19.2 Å². The zero-order chi connectivity index (χ0) is 18.7. The summed E-state index contributed by atoms with van der Waals surface area (Å²) >= 11 is 0. The van der Waals surface area contributed by atoms with Crippen molar-refractivity contribution in [3.8, 4) is 0 Å². The summed E-state index contributed by atoms with van der Waals surface area (Å²) in [5.74, 6) is -0.412. The van der Waals surface area contributed by atoms with Crippen LogP contribution in [0.25, 0.3) is 0 Å². The van der Waals surface area contributed by atoms with Crippen LogP contribution in [-0.2, 0) is 19.7 Å². The first-order chi connectivity index (χ1) is 12.4. The largest absolute Gasteiger partial charge is 0.387 e. The van der Waals surface area contributed by atoms with E-state index in [4.69, 9.17) is 4.84 Å². The van der Waals surface area contributed by atoms with Gasteiger partial charge in [0, 0.05) is 12.1 Å². The first kappa shape index (κ1) is 18.1. The molecule has 136 valence electrons. The fraction of sp³-hybridized carbons (Fsp3) is 0.222. The van der Waals surface area contributed by atoms with Gasteiger partial charge in [0.25, 0.3) is 5.91 Å². The van der Waals surface area contributed by atoms with Crippen molar-refractivity contribution in [3.05, 3.63) is 59.7 Å². The minimum atomic E-state index is -3.59. The van der Waals surface area contributed by atoms with E-state index in [-0.39, 0.29) is 16.7 Å². The molecule has 3 rings (SSSR count). The molecule has 1 aliphatic heterocycles. The standard InChI is InChI=1S/C18H19N3O4S/c1-12-8-9-14(26(23,24)19-2)10-15(12)20-18(22)16-11-17(25-21-16)13-6-4-3-5-7-13/h3-10,17,19H,11H2,1-2H3,(H,20,22)/t17-/m1/s1. The van der Waals surface area contributed by atoms with Crippen molar-refractivity contribution < 1.29 is 18.0 Å². The number of aryl methyl sites for hydroxylation is 1. The maximum absolute atomic E-state index is 12.5. The summed E-state index contributed by atoms with van der Waals surface area (Å²) in [4.78, 5) is 17.9. The average Bonchev–Trinajstić information content (AvgIpc) is 3.14. The van der Waals surface area contributed by atoms with E-state index in [0.29, 0.717) is 12.1 Å². The SMILES string of the molecule is CNS(=O)(=O)c1ccc(C)c(NC(=O)C2=NO[C@@H](c3ccccc3)C2)c1. The number of carbonyl (C=O) groups is 1. The lowest BCUT2D eigenvalue weighted by molar-refractivity contribution is -0.110. The molecule has 8 heteroatoms. The maximum Gasteiger partial charge on any atom is 0.273 e. The molecule has 26 heavy (non-hydrogen) atoms. The third-order valence-corrected chi connectivity index (χ3v) is 5.55. The van der Waals surface area contributed by atoms with Gasteiger partial charge >= 0.3 is 0 Å². The first-order valence-electron chi connectivity index (χ1n) is 8.04. The molecule has 0 aromatic heterocycles. The van der Waals surface area contributed by atoms with Crippen molar-refractivity contribution >= 4 is 27.3 Å². The molecule has 1 heterocycles. The molecule has 0 bridgehead atoms. The molecule has 0 saturated carbocycles. The van der Waals surface area contributed by atoms with Crippen molar-refractivity contribution in [3.63, 3.8) is 0 Å². The minimum Gasteiger partial charge on any atom is -0.387 e. The quantitative estimate of drug-likeness (QED) is 0.841. The molecule has 1 amide bonds. The van der Waals surface area contributed by atoms with E-state index in [0.717, 1.165) is 11.1 Å². The molecule has 0 radical (unpaired) electrons. The van der Waals surface area contributed by atoms with Crippen LogP contribution in [0.5, 0.6) is 0 Å². The van der Waals surface area contributed by atoms with E-state index in [9.17, 15) is 13.2 Å². The second-order valence-electron chi connectivity index (χ2n) is 5.89. The normalized spacial score (nSPS) is 16.7. The van der Waals surface area contributed by atoms with Gasteiger partial charge in [-0.1, -0.05) is 41.6 Å². The van der Waals surface area contributed by atoms with E-state index < -0.39 is 15.9 Å². The van der Waals surface area contributed by atoms with Gasteiger partial charge in [-0.2, -0.15) is 0 Å². The fourth-order valence-electron chi connectivity index (χ4n) is 2.57. The van der Waals surface area contributed by atoms with E-state index in [1.54, 1.807) is 13.0 Å². The minimum absolute atomic E-state index is 0.0765. The third kappa shape index (κ3) is 3.76. The zero-order valence-electron chi connectivity index (χ0n) is 14.4. The summed E-state index contributed by atoms with van der Waals surface area (Å²) in [7, 11) is -2.26. The predicted molar refractivity (Wildman–Crippen MR) is 98.4 cm³/mol. The number of hydrogen-bond acceptors (Lipinski definition) is 5. The maximum atomic E-state index is 12.5. The van der Waals surface area contributed by atoms with Crippen LogP contribution in [0.1, 0.15) is 23.7 Å². The molecule has 1 aliphatic rings. The number of anilines is 1. The fourth-order valence-corrected chi connectivity index (χ4v) is 3.33. The van der Waals surface area contributed by atoms with Gasteiger partial charge in [-0.05, 0) is 37.2 Å². The Hall–Kier alpha value is -2.71. The molecular weight excluding hydrogens is 354 g/mol. The lowest BCUT2D eigenvalue weighted by Crippen LogP contribution is -2.23. The summed E-state index contributed by atoms with van der Waals surface area (Å²) in [5.41, 5.74) is 2.36. The highest BCUT2D eigenvalue weighted by Gasteiger charge is 2.27. The second-order valence-corrected chi connectivity index (χ2v) is 7.77. The van der Waals surface area contributed by atoms with E-state index >= 15 is 0 Å². The Labute approximate surface area is 152 Å². The van der Waals surface area contributed by atoms with Crippen LogP contribution in [0.2, 0.25) is 0 Å². The van der Waals surface area contributed by atoms with Gasteiger partial charge < -0.3 is 10.2 Å². The number of amides is 1. The van der Waals surface area contributed by atoms with Gasteiger partial charge in [0.2, 0.25) is 10.0 Å². The van der Waals surface area contributed by atoms with Gasteiger partial charge in [0.05, 0.1) is 4.90 Å². The number of benzene rings is 2. The Bertz CT molecular complexity index is 956. The van der Waals surface area contributed by atoms with Crippen molar-refractivity contribution in [1.82, 2.24) is 4.72 Å². The lowest BCUT2D eigenvalue weighted by Gasteiger charge is -2.11. The molecule has 0 fully saturated rings. The number of rotatable bonds is 5. The smallest absolute Gasteiger partial charge is 0.273 e. The number of hydrogen-bond donors (Lipinski definition) is 2. The van der Waals surface area contributed by atoms with Crippen LogP contribution in [-0.4, -0.2) is 27.1 Å². The Balaban J connectivity index is 1.74. The second kappa shape index (κ2) is 7.27. The molecule has 7 nitrogen and oxygen atoms in total. The molecule has 2 aromatic rings. The van der Waals surface area contributed by atoms with Gasteiger partial charge in [-0.3, -0.25) is 4.79 Å². The molecule has 0 unspecified atom stereocenters. The number of sulfonamides is 1. The molecular formula is C18H19N3O4S. The summed E-state index contributed by atoms with van der Waals surface area (Å²) in [6.45, 7) is 1.78. The first-order valence-corrected chi connectivity index (χ1v) is 9.52. The van der Waals surface area contributed by atoms with Crippen molar-refractivity contribution in [1.29, 1.82) is 0 Å². The predicted octanol–water partition coefficient (Wildman–Crippen LogP) is 2.36. The van der Waals surface area contributed by atoms with Gasteiger partial charge in [-0.15, -0.1) is 0 Å². The Morgan fingerprint density at radius 1 is 1.19 bits per heavy atom. The molecule has 0 aliphatic carbocycles. The monoisotopic (exact) mass is 373 g/mol. The summed E-state index contributed by atoms with van der Waals surface area (Å²) < 4.78 is 26.1. The number of nitrogens with zero attached hydrogens (tertiary/aromatic N) is 1. The molecule has 1 atom stereocenters. The van der Waals surface area contributed by atoms with Crippen molar-refractivity contribution in [2.24, 2.45) is 5.16 Å². The van der Waals surface area contributed by atoms with Crippen molar-refractivity contribution in [2.45, 2.75) is 24.3 Å². The van der Waals surface area contributed by atoms with Crippen LogP contribution in [0.3, 0.4) is 0 Å². The third-order valence-electron chi connectivity index (χ3n) is 4.14. The Kier molecular flexibility index (Phi) is 5.06. The van der Waals surface area contributed by atoms with Crippen LogP contribution >= 0.6 is 0 Å². The highest BCUT2D eigenvalue weighted by molar-refractivity contribution is 7.89. The Morgan fingerprint density at radius 3 is 2.62 bits per heavy atom. The van der Waals surface area contributed by atoms with Crippen LogP contribution < -0.4 is 10.0 Å². The average molecular weight is 373 g/mol. The molecule has 0 spiro atoms. The lowest BCUT2D eigenvalue weighted by atomic mass is 10.0. The number of nitrogens with one attached hydrogen (secondary N) is 2. The summed E-state index contributed by atoms with van der Waals surface area (Å²) in [5, 5.41) is 6.60. The summed E-state index contributed by atoms with van der Waals surface area (Å²) in [6, 6.07) is 14.1. The van der Waals surface area contributed by atoms with Crippen molar-refractivity contribution in [2.75, 3.05) is 12.4 Å². The van der Waals surface area contributed by atoms with Crippen LogP contribution in [0.15, 0.2) is 58.6 Å². The highest BCUT2D eigenvalue weighted by Crippen LogP contribution is 2.28. The number of oxime groups is 1.